The summed E-state index contributed by atoms with van der Waals surface area (Å²) in [5, 5.41) is 9.61. The summed E-state index contributed by atoms with van der Waals surface area (Å²) < 4.78 is 28.7. The Kier molecular flexibility index (Phi) is 5.13. The van der Waals surface area contributed by atoms with Gasteiger partial charge in [0.1, 0.15) is 5.75 Å². The SMILES string of the molecule is COc1ccc(S(C)(=O)=O)cc1C(=O)N1CCC(C(=O)O)(C(C)C)C1. The van der Waals surface area contributed by atoms with Gasteiger partial charge in [0.2, 0.25) is 0 Å². The van der Waals surface area contributed by atoms with Crippen LogP contribution in [0.1, 0.15) is 30.6 Å². The number of ether oxygens (including phenoxy) is 1. The second-order valence-electron chi connectivity index (χ2n) is 6.73. The highest BCUT2D eigenvalue weighted by Crippen LogP contribution is 2.39. The Hall–Kier alpha value is -2.09. The molecular weight excluding hydrogens is 346 g/mol. The molecule has 1 N–H and O–H groups in total. The van der Waals surface area contributed by atoms with Crippen LogP contribution < -0.4 is 4.74 Å². The molecule has 2 rings (SSSR count). The van der Waals surface area contributed by atoms with E-state index in [9.17, 15) is 23.1 Å². The van der Waals surface area contributed by atoms with Gasteiger partial charge in [-0.15, -0.1) is 0 Å². The van der Waals surface area contributed by atoms with Crippen LogP contribution in [-0.2, 0) is 14.6 Å². The van der Waals surface area contributed by atoms with Gasteiger partial charge in [-0.1, -0.05) is 13.8 Å². The van der Waals surface area contributed by atoms with E-state index in [4.69, 9.17) is 4.74 Å². The number of benzene rings is 1. The molecule has 1 heterocycles. The van der Waals surface area contributed by atoms with Crippen molar-refractivity contribution in [2.45, 2.75) is 25.2 Å². The molecule has 1 aromatic carbocycles. The molecular formula is C17H23NO6S. The van der Waals surface area contributed by atoms with Crippen LogP contribution >= 0.6 is 0 Å². The summed E-state index contributed by atoms with van der Waals surface area (Å²) in [5.41, 5.74) is -0.868. The molecule has 1 aliphatic heterocycles. The van der Waals surface area contributed by atoms with Crippen molar-refractivity contribution in [1.29, 1.82) is 0 Å². The van der Waals surface area contributed by atoms with E-state index >= 15 is 0 Å². The molecule has 0 radical (unpaired) electrons. The van der Waals surface area contributed by atoms with Gasteiger partial charge in [-0.2, -0.15) is 0 Å². The largest absolute Gasteiger partial charge is 0.496 e. The first-order valence-corrected chi connectivity index (χ1v) is 9.83. The van der Waals surface area contributed by atoms with Crippen LogP contribution in [0.4, 0.5) is 0 Å². The zero-order valence-corrected chi connectivity index (χ0v) is 15.6. The van der Waals surface area contributed by atoms with E-state index in [0.717, 1.165) is 6.26 Å². The molecule has 138 valence electrons. The third-order valence-corrected chi connectivity index (χ3v) is 6.06. The second-order valence-corrected chi connectivity index (χ2v) is 8.74. The Morgan fingerprint density at radius 3 is 2.40 bits per heavy atom. The van der Waals surface area contributed by atoms with Crippen LogP contribution in [0.25, 0.3) is 0 Å². The number of likely N-dealkylation sites (tertiary alicyclic amines) is 1. The zero-order valence-electron chi connectivity index (χ0n) is 14.8. The van der Waals surface area contributed by atoms with Gasteiger partial charge in [0.15, 0.2) is 9.84 Å². The Morgan fingerprint density at radius 2 is 1.96 bits per heavy atom. The maximum absolute atomic E-state index is 12.9. The standard InChI is InChI=1S/C17H23NO6S/c1-11(2)17(16(20)21)7-8-18(10-17)15(19)13-9-12(25(4,22)23)5-6-14(13)24-3/h5-6,9,11H,7-8,10H2,1-4H3,(H,20,21). The van der Waals surface area contributed by atoms with Gasteiger partial charge < -0.3 is 14.7 Å². The molecule has 7 nitrogen and oxygen atoms in total. The lowest BCUT2D eigenvalue weighted by Gasteiger charge is -2.28. The molecule has 1 saturated heterocycles. The van der Waals surface area contributed by atoms with Crippen molar-refractivity contribution >= 4 is 21.7 Å². The molecule has 0 aromatic heterocycles. The fourth-order valence-electron chi connectivity index (χ4n) is 3.15. The average molecular weight is 369 g/mol. The van der Waals surface area contributed by atoms with Crippen molar-refractivity contribution in [3.8, 4) is 5.75 Å². The number of amides is 1. The lowest BCUT2D eigenvalue weighted by atomic mass is 9.76. The normalized spacial score (nSPS) is 20.8. The lowest BCUT2D eigenvalue weighted by Crippen LogP contribution is -2.40. The summed E-state index contributed by atoms with van der Waals surface area (Å²) in [6.45, 7) is 4.04. The highest BCUT2D eigenvalue weighted by Gasteiger charge is 2.48. The number of hydrogen-bond donors (Lipinski definition) is 1. The van der Waals surface area contributed by atoms with Crippen molar-refractivity contribution in [1.82, 2.24) is 4.90 Å². The Morgan fingerprint density at radius 1 is 1.32 bits per heavy atom. The Bertz CT molecular complexity index is 801. The lowest BCUT2D eigenvalue weighted by molar-refractivity contribution is -0.150. The van der Waals surface area contributed by atoms with Crippen LogP contribution in [0.3, 0.4) is 0 Å². The molecule has 0 aliphatic carbocycles. The number of carbonyl (C=O) groups is 2. The van der Waals surface area contributed by atoms with Gasteiger partial charge in [0.05, 0.1) is 23.0 Å². The van der Waals surface area contributed by atoms with E-state index in [1.54, 1.807) is 0 Å². The minimum atomic E-state index is -3.48. The van der Waals surface area contributed by atoms with Crippen molar-refractivity contribution < 1.29 is 27.9 Å². The molecule has 1 fully saturated rings. The predicted molar refractivity (Wildman–Crippen MR) is 91.5 cm³/mol. The maximum atomic E-state index is 12.9. The van der Waals surface area contributed by atoms with Crippen LogP contribution in [0, 0.1) is 11.3 Å². The van der Waals surface area contributed by atoms with Gasteiger partial charge in [-0.3, -0.25) is 9.59 Å². The van der Waals surface area contributed by atoms with E-state index in [1.807, 2.05) is 13.8 Å². The number of carboxylic acid groups (broad SMARTS) is 1. The quantitative estimate of drug-likeness (QED) is 0.847. The van der Waals surface area contributed by atoms with E-state index < -0.39 is 27.1 Å². The van der Waals surface area contributed by atoms with Crippen molar-refractivity contribution in [3.05, 3.63) is 23.8 Å². The Labute approximate surface area is 147 Å². The predicted octanol–water partition coefficient (Wildman–Crippen LogP) is 1.67. The molecule has 1 aromatic rings. The summed E-state index contributed by atoms with van der Waals surface area (Å²) in [7, 11) is -2.08. The molecule has 8 heteroatoms. The number of aliphatic carboxylic acids is 1. The molecule has 25 heavy (non-hydrogen) atoms. The van der Waals surface area contributed by atoms with E-state index in [2.05, 4.69) is 0 Å². The van der Waals surface area contributed by atoms with Crippen molar-refractivity contribution in [2.75, 3.05) is 26.5 Å². The molecule has 1 aliphatic rings. The Balaban J connectivity index is 2.40. The number of rotatable bonds is 5. The molecule has 1 unspecified atom stereocenters. The van der Waals surface area contributed by atoms with E-state index in [0.29, 0.717) is 13.0 Å². The summed E-state index contributed by atoms with van der Waals surface area (Å²) in [6, 6.07) is 4.10. The number of nitrogens with zero attached hydrogens (tertiary/aromatic N) is 1. The van der Waals surface area contributed by atoms with E-state index in [1.165, 1.54) is 30.2 Å². The zero-order chi connectivity index (χ0) is 19.0. The van der Waals surface area contributed by atoms with Gasteiger partial charge in [0, 0.05) is 19.3 Å². The second kappa shape index (κ2) is 6.67. The van der Waals surface area contributed by atoms with Crippen LogP contribution in [0.15, 0.2) is 23.1 Å². The van der Waals surface area contributed by atoms with Gasteiger partial charge in [0.25, 0.3) is 5.91 Å². The first-order chi connectivity index (χ1) is 11.5. The smallest absolute Gasteiger partial charge is 0.311 e. The fourth-order valence-corrected chi connectivity index (χ4v) is 3.80. The molecule has 0 saturated carbocycles. The highest BCUT2D eigenvalue weighted by atomic mass is 32.2. The number of sulfone groups is 1. The molecule has 0 bridgehead atoms. The first kappa shape index (κ1) is 19.2. The summed E-state index contributed by atoms with van der Waals surface area (Å²) >= 11 is 0. The molecule has 0 spiro atoms. The fraction of sp³-hybridized carbons (Fsp3) is 0.529. The number of methoxy groups -OCH3 is 1. The highest BCUT2D eigenvalue weighted by molar-refractivity contribution is 7.90. The summed E-state index contributed by atoms with van der Waals surface area (Å²) in [4.78, 5) is 26.1. The molecule has 1 amide bonds. The van der Waals surface area contributed by atoms with Crippen LogP contribution in [0.5, 0.6) is 5.75 Å². The number of carboxylic acids is 1. The monoisotopic (exact) mass is 369 g/mol. The van der Waals surface area contributed by atoms with Gasteiger partial charge >= 0.3 is 5.97 Å². The third-order valence-electron chi connectivity index (χ3n) is 4.95. The number of carbonyl (C=O) groups excluding carboxylic acids is 1. The van der Waals surface area contributed by atoms with Gasteiger partial charge in [-0.05, 0) is 30.5 Å². The average Bonchev–Trinajstić information content (AvgIpc) is 2.99. The van der Waals surface area contributed by atoms with Crippen LogP contribution in [0.2, 0.25) is 0 Å². The van der Waals surface area contributed by atoms with Crippen molar-refractivity contribution in [2.24, 2.45) is 11.3 Å². The van der Waals surface area contributed by atoms with E-state index in [-0.39, 0.29) is 28.7 Å². The van der Waals surface area contributed by atoms with Crippen LogP contribution in [-0.4, -0.2) is 56.8 Å². The topological polar surface area (TPSA) is 101 Å². The summed E-state index contributed by atoms with van der Waals surface area (Å²) in [5.74, 6) is -1.22. The maximum Gasteiger partial charge on any atom is 0.311 e. The third kappa shape index (κ3) is 3.49. The van der Waals surface area contributed by atoms with Gasteiger partial charge in [-0.25, -0.2) is 8.42 Å². The minimum absolute atomic E-state index is 0.0178. The van der Waals surface area contributed by atoms with Crippen molar-refractivity contribution in [3.63, 3.8) is 0 Å². The molecule has 1 atom stereocenters. The minimum Gasteiger partial charge on any atom is -0.496 e. The summed E-state index contributed by atoms with van der Waals surface area (Å²) in [6.07, 6.45) is 1.42. The first-order valence-electron chi connectivity index (χ1n) is 7.93. The number of hydrogen-bond acceptors (Lipinski definition) is 5.